The van der Waals surface area contributed by atoms with Crippen LogP contribution >= 0.6 is 24.0 Å². The van der Waals surface area contributed by atoms with E-state index in [0.717, 1.165) is 24.5 Å². The molecule has 0 amide bonds. The van der Waals surface area contributed by atoms with Crippen molar-refractivity contribution >= 4 is 35.8 Å². The molecule has 5 nitrogen and oxygen atoms in total. The van der Waals surface area contributed by atoms with Crippen LogP contribution in [0.15, 0.2) is 23.3 Å². The Bertz CT molecular complexity index is 464. The van der Waals surface area contributed by atoms with Gasteiger partial charge in [0.2, 0.25) is 0 Å². The highest BCUT2D eigenvalue weighted by molar-refractivity contribution is 14.0. The van der Waals surface area contributed by atoms with Crippen molar-refractivity contribution in [2.75, 3.05) is 18.0 Å². The molecule has 2 rings (SSSR count). The van der Waals surface area contributed by atoms with Crippen molar-refractivity contribution in [3.05, 3.63) is 23.9 Å². The molecule has 1 fully saturated rings. The summed E-state index contributed by atoms with van der Waals surface area (Å²) in [4.78, 5) is 11.2. The number of guanidine groups is 1. The first kappa shape index (κ1) is 20.0. The standard InChI is InChI=1S/C17H29N5.HI/c1-3-22(4-2)16-11-10-14(12-19-16)13-20-17(18)21-15-8-6-5-7-9-15;/h10-12,15H,3-9,13H2,1-2H3,(H3,18,20,21);1H. The van der Waals surface area contributed by atoms with Gasteiger partial charge in [0.25, 0.3) is 0 Å². The molecule has 0 bridgehead atoms. The number of aliphatic imine (C=N–C) groups is 1. The minimum atomic E-state index is 0. The zero-order valence-corrected chi connectivity index (χ0v) is 16.6. The summed E-state index contributed by atoms with van der Waals surface area (Å²) in [5.41, 5.74) is 7.07. The molecule has 0 unspecified atom stereocenters. The van der Waals surface area contributed by atoms with Crippen LogP contribution in [0.25, 0.3) is 0 Å². The van der Waals surface area contributed by atoms with Gasteiger partial charge in [0, 0.05) is 25.3 Å². The van der Waals surface area contributed by atoms with E-state index in [1.165, 1.54) is 32.1 Å². The number of aromatic nitrogens is 1. The molecule has 0 radical (unpaired) electrons. The minimum Gasteiger partial charge on any atom is -0.370 e. The first-order valence-corrected chi connectivity index (χ1v) is 8.49. The highest BCUT2D eigenvalue weighted by atomic mass is 127. The van der Waals surface area contributed by atoms with Crippen molar-refractivity contribution in [3.8, 4) is 0 Å². The van der Waals surface area contributed by atoms with E-state index < -0.39 is 0 Å². The molecule has 0 atom stereocenters. The molecular weight excluding hydrogens is 401 g/mol. The van der Waals surface area contributed by atoms with E-state index in [0.29, 0.717) is 18.5 Å². The zero-order valence-electron chi connectivity index (χ0n) is 14.3. The van der Waals surface area contributed by atoms with Crippen LogP contribution in [0.5, 0.6) is 0 Å². The van der Waals surface area contributed by atoms with E-state index in [4.69, 9.17) is 5.73 Å². The van der Waals surface area contributed by atoms with Crippen LogP contribution in [0.2, 0.25) is 0 Å². The fourth-order valence-electron chi connectivity index (χ4n) is 2.92. The minimum absolute atomic E-state index is 0. The first-order valence-electron chi connectivity index (χ1n) is 8.49. The maximum Gasteiger partial charge on any atom is 0.189 e. The Hall–Kier alpha value is -1.05. The Kier molecular flexibility index (Phi) is 9.28. The fraction of sp³-hybridized carbons (Fsp3) is 0.647. The Morgan fingerprint density at radius 1 is 1.26 bits per heavy atom. The number of rotatable bonds is 6. The second-order valence-electron chi connectivity index (χ2n) is 5.88. The molecule has 1 saturated carbocycles. The van der Waals surface area contributed by atoms with Gasteiger partial charge in [-0.3, -0.25) is 0 Å². The van der Waals surface area contributed by atoms with E-state index in [9.17, 15) is 0 Å². The number of nitrogens with zero attached hydrogens (tertiary/aromatic N) is 3. The van der Waals surface area contributed by atoms with E-state index in [2.05, 4.69) is 46.2 Å². The Morgan fingerprint density at radius 2 is 1.96 bits per heavy atom. The topological polar surface area (TPSA) is 66.5 Å². The third-order valence-corrected chi connectivity index (χ3v) is 4.29. The molecule has 1 aromatic rings. The largest absolute Gasteiger partial charge is 0.370 e. The molecule has 1 aliphatic carbocycles. The van der Waals surface area contributed by atoms with Gasteiger partial charge in [-0.1, -0.05) is 25.3 Å². The molecule has 6 heteroatoms. The summed E-state index contributed by atoms with van der Waals surface area (Å²) >= 11 is 0. The van der Waals surface area contributed by atoms with Gasteiger partial charge >= 0.3 is 0 Å². The second kappa shape index (κ2) is 10.7. The second-order valence-corrected chi connectivity index (χ2v) is 5.88. The van der Waals surface area contributed by atoms with Gasteiger partial charge in [0.05, 0.1) is 6.54 Å². The van der Waals surface area contributed by atoms with Crippen LogP contribution in [-0.4, -0.2) is 30.1 Å². The normalized spacial score (nSPS) is 15.8. The summed E-state index contributed by atoms with van der Waals surface area (Å²) < 4.78 is 0. The third-order valence-electron chi connectivity index (χ3n) is 4.29. The molecule has 1 aliphatic rings. The van der Waals surface area contributed by atoms with Crippen LogP contribution in [0, 0.1) is 0 Å². The Morgan fingerprint density at radius 3 is 2.52 bits per heavy atom. The third kappa shape index (κ3) is 6.53. The van der Waals surface area contributed by atoms with Crippen molar-refractivity contribution in [1.82, 2.24) is 10.3 Å². The number of halogens is 1. The summed E-state index contributed by atoms with van der Waals surface area (Å²) in [6, 6.07) is 4.64. The summed E-state index contributed by atoms with van der Waals surface area (Å²) in [5.74, 6) is 1.57. The molecule has 1 aromatic heterocycles. The maximum atomic E-state index is 5.98. The van der Waals surface area contributed by atoms with E-state index >= 15 is 0 Å². The van der Waals surface area contributed by atoms with Crippen LogP contribution in [0.1, 0.15) is 51.5 Å². The van der Waals surface area contributed by atoms with Crippen molar-refractivity contribution in [2.24, 2.45) is 10.7 Å². The molecular formula is C17H30IN5. The number of hydrogen-bond acceptors (Lipinski definition) is 3. The van der Waals surface area contributed by atoms with E-state index in [1.54, 1.807) is 0 Å². The van der Waals surface area contributed by atoms with Gasteiger partial charge in [-0.05, 0) is 38.3 Å². The Balaban J connectivity index is 0.00000264. The summed E-state index contributed by atoms with van der Waals surface area (Å²) in [7, 11) is 0. The lowest BCUT2D eigenvalue weighted by Crippen LogP contribution is -2.41. The average molecular weight is 431 g/mol. The fourth-order valence-corrected chi connectivity index (χ4v) is 2.92. The molecule has 130 valence electrons. The lowest BCUT2D eigenvalue weighted by molar-refractivity contribution is 0.412. The number of nitrogens with one attached hydrogen (secondary N) is 1. The van der Waals surface area contributed by atoms with Crippen molar-refractivity contribution < 1.29 is 0 Å². The first-order chi connectivity index (χ1) is 10.7. The molecule has 0 aliphatic heterocycles. The van der Waals surface area contributed by atoms with Crippen LogP contribution < -0.4 is 16.0 Å². The molecule has 1 heterocycles. The molecule has 0 spiro atoms. The average Bonchev–Trinajstić information content (AvgIpc) is 2.56. The van der Waals surface area contributed by atoms with Gasteiger partial charge < -0.3 is 16.0 Å². The van der Waals surface area contributed by atoms with E-state index in [-0.39, 0.29) is 24.0 Å². The van der Waals surface area contributed by atoms with Crippen LogP contribution in [-0.2, 0) is 6.54 Å². The molecule has 3 N–H and O–H groups in total. The quantitative estimate of drug-likeness (QED) is 0.412. The zero-order chi connectivity index (χ0) is 15.8. The highest BCUT2D eigenvalue weighted by Gasteiger charge is 2.13. The SMILES string of the molecule is CCN(CC)c1ccc(CN=C(N)NC2CCCCC2)cn1.I. The number of anilines is 1. The molecule has 23 heavy (non-hydrogen) atoms. The lowest BCUT2D eigenvalue weighted by atomic mass is 9.96. The summed E-state index contributed by atoms with van der Waals surface area (Å²) in [5, 5.41) is 3.34. The molecule has 0 aromatic carbocycles. The van der Waals surface area contributed by atoms with E-state index in [1.807, 2.05) is 6.20 Å². The number of pyridine rings is 1. The predicted molar refractivity (Wildman–Crippen MR) is 109 cm³/mol. The van der Waals surface area contributed by atoms with Crippen LogP contribution in [0.4, 0.5) is 5.82 Å². The maximum absolute atomic E-state index is 5.98. The number of nitrogens with two attached hydrogens (primary N) is 1. The van der Waals surface area contributed by atoms with Crippen molar-refractivity contribution in [1.29, 1.82) is 0 Å². The van der Waals surface area contributed by atoms with Gasteiger partial charge in [-0.2, -0.15) is 0 Å². The predicted octanol–water partition coefficient (Wildman–Crippen LogP) is 3.28. The Labute approximate surface area is 157 Å². The highest BCUT2D eigenvalue weighted by Crippen LogP contribution is 2.17. The number of hydrogen-bond donors (Lipinski definition) is 2. The molecule has 0 saturated heterocycles. The van der Waals surface area contributed by atoms with Crippen LogP contribution in [0.3, 0.4) is 0 Å². The lowest BCUT2D eigenvalue weighted by Gasteiger charge is -2.23. The monoisotopic (exact) mass is 431 g/mol. The van der Waals surface area contributed by atoms with Gasteiger partial charge in [0.1, 0.15) is 5.82 Å². The van der Waals surface area contributed by atoms with Crippen molar-refractivity contribution in [2.45, 2.75) is 58.5 Å². The van der Waals surface area contributed by atoms with Gasteiger partial charge in [0.15, 0.2) is 5.96 Å². The van der Waals surface area contributed by atoms with Gasteiger partial charge in [-0.25, -0.2) is 9.98 Å². The smallest absolute Gasteiger partial charge is 0.189 e. The van der Waals surface area contributed by atoms with Crippen molar-refractivity contribution in [3.63, 3.8) is 0 Å². The summed E-state index contributed by atoms with van der Waals surface area (Å²) in [6.07, 6.45) is 8.24. The summed E-state index contributed by atoms with van der Waals surface area (Å²) in [6.45, 7) is 6.80. The van der Waals surface area contributed by atoms with Gasteiger partial charge in [-0.15, -0.1) is 24.0 Å².